The standard InChI is InChI=1S/C23H21N3O4/c1-23(2)6-11-13-8-26-17(5-10-14(21(26)28)9-30-22(29)20(10)27)19(13)25-16-4-3-15(24)12(7-23)18(11)16/h3-5,20,27H,6-9,24H2,1-2H3. The van der Waals surface area contributed by atoms with Gasteiger partial charge >= 0.3 is 5.97 Å². The number of fused-ring (bicyclic) bond motifs is 5. The smallest absolute Gasteiger partial charge is 0.340 e. The summed E-state index contributed by atoms with van der Waals surface area (Å²) in [6.07, 6.45) is 0.314. The highest BCUT2D eigenvalue weighted by molar-refractivity contribution is 5.94. The quantitative estimate of drug-likeness (QED) is 0.344. The van der Waals surface area contributed by atoms with Crippen molar-refractivity contribution in [3.8, 4) is 11.4 Å². The van der Waals surface area contributed by atoms with Crippen LogP contribution in [0.5, 0.6) is 0 Å². The van der Waals surface area contributed by atoms with Crippen molar-refractivity contribution in [2.24, 2.45) is 5.41 Å². The number of aromatic nitrogens is 2. The number of cyclic esters (lactones) is 1. The third-order valence-corrected chi connectivity index (χ3v) is 6.69. The predicted molar refractivity (Wildman–Crippen MR) is 111 cm³/mol. The van der Waals surface area contributed by atoms with Crippen molar-refractivity contribution in [1.82, 2.24) is 9.55 Å². The zero-order valence-corrected chi connectivity index (χ0v) is 16.8. The van der Waals surface area contributed by atoms with E-state index in [2.05, 4.69) is 13.8 Å². The molecule has 1 unspecified atom stereocenters. The van der Waals surface area contributed by atoms with Crippen molar-refractivity contribution in [2.45, 2.75) is 45.9 Å². The average molecular weight is 403 g/mol. The van der Waals surface area contributed by atoms with E-state index in [1.165, 1.54) is 5.56 Å². The minimum atomic E-state index is -1.44. The summed E-state index contributed by atoms with van der Waals surface area (Å²) >= 11 is 0. The molecular formula is C23H21N3O4. The Labute approximate surface area is 172 Å². The summed E-state index contributed by atoms with van der Waals surface area (Å²) in [5, 5.41) is 11.4. The molecule has 3 aromatic rings. The molecule has 2 aliphatic heterocycles. The Morgan fingerprint density at radius 1 is 1.17 bits per heavy atom. The van der Waals surface area contributed by atoms with Crippen LogP contribution >= 0.6 is 0 Å². The summed E-state index contributed by atoms with van der Waals surface area (Å²) in [4.78, 5) is 29.9. The number of aliphatic hydroxyl groups excluding tert-OH is 1. The van der Waals surface area contributed by atoms with E-state index >= 15 is 0 Å². The molecule has 1 aromatic carbocycles. The third-order valence-electron chi connectivity index (χ3n) is 6.69. The number of pyridine rings is 2. The van der Waals surface area contributed by atoms with Crippen molar-refractivity contribution < 1.29 is 14.6 Å². The number of esters is 1. The van der Waals surface area contributed by atoms with Gasteiger partial charge in [-0.15, -0.1) is 0 Å². The second-order valence-corrected chi connectivity index (χ2v) is 9.33. The van der Waals surface area contributed by atoms with Crippen molar-refractivity contribution >= 4 is 22.6 Å². The fourth-order valence-corrected chi connectivity index (χ4v) is 5.31. The SMILES string of the molecule is CC1(C)Cc2c(N)ccc3nc4c(c(c23)C1)Cn1c-4cc2c(c1=O)COC(=O)C2O. The van der Waals surface area contributed by atoms with Gasteiger partial charge in [-0.3, -0.25) is 4.79 Å². The molecule has 7 nitrogen and oxygen atoms in total. The number of hydrogen-bond donors (Lipinski definition) is 2. The zero-order chi connectivity index (χ0) is 20.9. The summed E-state index contributed by atoms with van der Waals surface area (Å²) in [6.45, 7) is 4.76. The van der Waals surface area contributed by atoms with Crippen LogP contribution in [0.15, 0.2) is 23.0 Å². The molecule has 7 heteroatoms. The summed E-state index contributed by atoms with van der Waals surface area (Å²) in [6, 6.07) is 5.56. The predicted octanol–water partition coefficient (Wildman–Crippen LogP) is 2.22. The minimum Gasteiger partial charge on any atom is -0.458 e. The van der Waals surface area contributed by atoms with Gasteiger partial charge in [-0.05, 0) is 47.6 Å². The topological polar surface area (TPSA) is 107 Å². The third kappa shape index (κ3) is 2.15. The number of carbonyl (C=O) groups is 1. The Kier molecular flexibility index (Phi) is 3.23. The van der Waals surface area contributed by atoms with Crippen molar-refractivity contribution in [1.29, 1.82) is 0 Å². The maximum absolute atomic E-state index is 13.2. The molecular weight excluding hydrogens is 382 g/mol. The molecule has 152 valence electrons. The lowest BCUT2D eigenvalue weighted by molar-refractivity contribution is -0.157. The first kappa shape index (κ1) is 17.7. The van der Waals surface area contributed by atoms with Gasteiger partial charge in [0.05, 0.1) is 29.0 Å². The van der Waals surface area contributed by atoms with Gasteiger partial charge in [-0.1, -0.05) is 13.8 Å². The number of aliphatic hydroxyl groups is 1. The molecule has 2 aromatic heterocycles. The van der Waals surface area contributed by atoms with E-state index in [-0.39, 0.29) is 17.6 Å². The molecule has 0 radical (unpaired) electrons. The molecule has 4 heterocycles. The van der Waals surface area contributed by atoms with Gasteiger partial charge in [-0.25, -0.2) is 9.78 Å². The van der Waals surface area contributed by atoms with Gasteiger partial charge in [0.2, 0.25) is 0 Å². The first-order chi connectivity index (χ1) is 14.2. The number of ether oxygens (including phenoxy) is 1. The Bertz CT molecular complexity index is 1370. The summed E-state index contributed by atoms with van der Waals surface area (Å²) in [5.41, 5.74) is 13.2. The maximum Gasteiger partial charge on any atom is 0.340 e. The van der Waals surface area contributed by atoms with Gasteiger partial charge in [0.1, 0.15) is 6.61 Å². The Morgan fingerprint density at radius 3 is 2.73 bits per heavy atom. The number of anilines is 1. The largest absolute Gasteiger partial charge is 0.458 e. The monoisotopic (exact) mass is 403 g/mol. The van der Waals surface area contributed by atoms with Crippen molar-refractivity contribution in [3.63, 3.8) is 0 Å². The van der Waals surface area contributed by atoms with Crippen LogP contribution in [-0.2, 0) is 35.5 Å². The number of benzene rings is 1. The molecule has 0 saturated carbocycles. The second-order valence-electron chi connectivity index (χ2n) is 9.33. The number of rotatable bonds is 0. The Morgan fingerprint density at radius 2 is 1.93 bits per heavy atom. The molecule has 6 rings (SSSR count). The lowest BCUT2D eigenvalue weighted by atomic mass is 9.72. The molecule has 3 N–H and O–H groups in total. The number of nitrogen functional groups attached to an aromatic ring is 1. The van der Waals surface area contributed by atoms with Crippen LogP contribution in [0.25, 0.3) is 22.3 Å². The summed E-state index contributed by atoms with van der Waals surface area (Å²) in [5.74, 6) is -0.728. The molecule has 0 fully saturated rings. The van der Waals surface area contributed by atoms with Gasteiger partial charge in [0.25, 0.3) is 5.56 Å². The Balaban J connectivity index is 1.67. The fraction of sp³-hybridized carbons (Fsp3) is 0.348. The number of carbonyl (C=O) groups excluding carboxylic acids is 1. The van der Waals surface area contributed by atoms with E-state index in [1.807, 2.05) is 12.1 Å². The van der Waals surface area contributed by atoms with E-state index < -0.39 is 12.1 Å². The lowest BCUT2D eigenvalue weighted by Crippen LogP contribution is -2.32. The second kappa shape index (κ2) is 5.49. The highest BCUT2D eigenvalue weighted by Gasteiger charge is 2.37. The van der Waals surface area contributed by atoms with E-state index in [4.69, 9.17) is 15.5 Å². The van der Waals surface area contributed by atoms with Gasteiger partial charge in [0, 0.05) is 22.2 Å². The van der Waals surface area contributed by atoms with Crippen LogP contribution in [0.1, 0.15) is 47.8 Å². The van der Waals surface area contributed by atoms with Crippen molar-refractivity contribution in [3.05, 3.63) is 56.4 Å². The number of nitrogens with zero attached hydrogens (tertiary/aromatic N) is 2. The van der Waals surface area contributed by atoms with Crippen LogP contribution in [0.4, 0.5) is 5.69 Å². The molecule has 1 aliphatic carbocycles. The normalized spacial score (nSPS) is 20.5. The summed E-state index contributed by atoms with van der Waals surface area (Å²) < 4.78 is 6.66. The Hall–Kier alpha value is -3.19. The minimum absolute atomic E-state index is 0.0416. The molecule has 1 atom stereocenters. The van der Waals surface area contributed by atoms with E-state index in [0.29, 0.717) is 23.4 Å². The van der Waals surface area contributed by atoms with Crippen molar-refractivity contribution in [2.75, 3.05) is 5.73 Å². The molecule has 0 saturated heterocycles. The highest BCUT2D eigenvalue weighted by Crippen LogP contribution is 2.46. The van der Waals surface area contributed by atoms with E-state index in [1.54, 1.807) is 10.6 Å². The lowest BCUT2D eigenvalue weighted by Gasteiger charge is -2.33. The highest BCUT2D eigenvalue weighted by atomic mass is 16.5. The van der Waals surface area contributed by atoms with E-state index in [0.717, 1.165) is 46.3 Å². The first-order valence-corrected chi connectivity index (χ1v) is 10.1. The molecule has 30 heavy (non-hydrogen) atoms. The van der Waals surface area contributed by atoms with Crippen LogP contribution in [0, 0.1) is 5.41 Å². The van der Waals surface area contributed by atoms with Crippen LogP contribution in [-0.4, -0.2) is 20.6 Å². The maximum atomic E-state index is 13.2. The zero-order valence-electron chi connectivity index (χ0n) is 16.8. The average Bonchev–Trinajstić information content (AvgIpc) is 3.06. The number of hydrogen-bond acceptors (Lipinski definition) is 6. The van der Waals surface area contributed by atoms with Crippen LogP contribution < -0.4 is 11.3 Å². The van der Waals surface area contributed by atoms with E-state index in [9.17, 15) is 14.7 Å². The van der Waals surface area contributed by atoms with Crippen LogP contribution in [0.3, 0.4) is 0 Å². The van der Waals surface area contributed by atoms with Gasteiger partial charge in [0.15, 0.2) is 6.10 Å². The molecule has 0 amide bonds. The first-order valence-electron chi connectivity index (χ1n) is 10.1. The summed E-state index contributed by atoms with van der Waals surface area (Å²) in [7, 11) is 0. The number of nitrogens with two attached hydrogens (primary N) is 1. The van der Waals surface area contributed by atoms with Gasteiger partial charge in [-0.2, -0.15) is 0 Å². The molecule has 0 bridgehead atoms. The van der Waals surface area contributed by atoms with Crippen LogP contribution in [0.2, 0.25) is 0 Å². The molecule has 0 spiro atoms. The van der Waals surface area contributed by atoms with Gasteiger partial charge < -0.3 is 20.1 Å². The molecule has 3 aliphatic rings. The fourth-order valence-electron chi connectivity index (χ4n) is 5.31.